The van der Waals surface area contributed by atoms with E-state index in [2.05, 4.69) is 10.6 Å². The second kappa shape index (κ2) is 8.05. The Morgan fingerprint density at radius 3 is 2.36 bits per heavy atom. The van der Waals surface area contributed by atoms with Gasteiger partial charge in [0, 0.05) is 35.0 Å². The molecule has 7 nitrogen and oxygen atoms in total. The van der Waals surface area contributed by atoms with Crippen molar-refractivity contribution >= 4 is 23.2 Å². The molecule has 0 saturated heterocycles. The number of rotatable bonds is 6. The van der Waals surface area contributed by atoms with Gasteiger partial charge in [0.05, 0.1) is 4.92 Å². The largest absolute Gasteiger partial charge is 0.352 e. The van der Waals surface area contributed by atoms with Crippen molar-refractivity contribution in [1.29, 1.82) is 0 Å². The standard InChI is InChI=1S/C18H19N3O4/c1-3-11-19-17(22)13-7-9-14(10-8-13)20-18(23)15-5-4-6-16(12(15)2)21(24)25/h4-10H,3,11H2,1-2H3,(H,19,22)(H,20,23). The first-order valence-electron chi connectivity index (χ1n) is 7.87. The van der Waals surface area contributed by atoms with Crippen LogP contribution in [0.1, 0.15) is 39.6 Å². The molecule has 0 spiro atoms. The predicted octanol–water partition coefficient (Wildman–Crippen LogP) is 3.30. The van der Waals surface area contributed by atoms with E-state index in [0.29, 0.717) is 23.4 Å². The Hall–Kier alpha value is -3.22. The molecule has 2 aromatic carbocycles. The van der Waals surface area contributed by atoms with E-state index >= 15 is 0 Å². The van der Waals surface area contributed by atoms with Gasteiger partial charge < -0.3 is 10.6 Å². The minimum Gasteiger partial charge on any atom is -0.352 e. The van der Waals surface area contributed by atoms with E-state index in [0.717, 1.165) is 6.42 Å². The van der Waals surface area contributed by atoms with E-state index < -0.39 is 10.8 Å². The van der Waals surface area contributed by atoms with Gasteiger partial charge in [0.2, 0.25) is 0 Å². The third-order valence-electron chi connectivity index (χ3n) is 3.69. The molecule has 0 aliphatic rings. The molecule has 0 radical (unpaired) electrons. The fraction of sp³-hybridized carbons (Fsp3) is 0.222. The molecule has 0 aliphatic heterocycles. The van der Waals surface area contributed by atoms with Gasteiger partial charge in [-0.3, -0.25) is 19.7 Å². The van der Waals surface area contributed by atoms with Gasteiger partial charge in [0.25, 0.3) is 17.5 Å². The van der Waals surface area contributed by atoms with Crippen molar-refractivity contribution in [3.63, 3.8) is 0 Å². The average Bonchev–Trinajstić information content (AvgIpc) is 2.60. The van der Waals surface area contributed by atoms with Gasteiger partial charge in [-0.2, -0.15) is 0 Å². The molecule has 0 saturated carbocycles. The minimum atomic E-state index is -0.518. The van der Waals surface area contributed by atoms with Crippen LogP contribution in [0.3, 0.4) is 0 Å². The van der Waals surface area contributed by atoms with Gasteiger partial charge in [0.15, 0.2) is 0 Å². The first kappa shape index (κ1) is 18.1. The first-order chi connectivity index (χ1) is 11.9. The fourth-order valence-corrected chi connectivity index (χ4v) is 2.31. The van der Waals surface area contributed by atoms with Crippen molar-refractivity contribution < 1.29 is 14.5 Å². The summed E-state index contributed by atoms with van der Waals surface area (Å²) in [5.41, 5.74) is 1.44. The highest BCUT2D eigenvalue weighted by Gasteiger charge is 2.18. The second-order valence-corrected chi connectivity index (χ2v) is 5.49. The summed E-state index contributed by atoms with van der Waals surface area (Å²) < 4.78 is 0. The van der Waals surface area contributed by atoms with Crippen LogP contribution in [0.2, 0.25) is 0 Å². The monoisotopic (exact) mass is 341 g/mol. The molecule has 2 aromatic rings. The molecule has 0 aromatic heterocycles. The molecule has 0 fully saturated rings. The molecule has 25 heavy (non-hydrogen) atoms. The summed E-state index contributed by atoms with van der Waals surface area (Å²) >= 11 is 0. The summed E-state index contributed by atoms with van der Waals surface area (Å²) in [4.78, 5) is 34.6. The van der Waals surface area contributed by atoms with Crippen LogP contribution in [-0.4, -0.2) is 23.3 Å². The van der Waals surface area contributed by atoms with E-state index in [1.807, 2.05) is 6.92 Å². The average molecular weight is 341 g/mol. The van der Waals surface area contributed by atoms with Crippen molar-refractivity contribution in [2.45, 2.75) is 20.3 Å². The molecule has 0 bridgehead atoms. The molecule has 0 aliphatic carbocycles. The molecular formula is C18H19N3O4. The van der Waals surface area contributed by atoms with Gasteiger partial charge in [-0.1, -0.05) is 13.0 Å². The lowest BCUT2D eigenvalue weighted by atomic mass is 10.1. The SMILES string of the molecule is CCCNC(=O)c1ccc(NC(=O)c2cccc([N+](=O)[O-])c2C)cc1. The van der Waals surface area contributed by atoms with Crippen molar-refractivity contribution in [2.24, 2.45) is 0 Å². The van der Waals surface area contributed by atoms with E-state index in [9.17, 15) is 19.7 Å². The van der Waals surface area contributed by atoms with E-state index in [4.69, 9.17) is 0 Å². The highest BCUT2D eigenvalue weighted by molar-refractivity contribution is 6.06. The molecule has 0 unspecified atom stereocenters. The number of carbonyl (C=O) groups excluding carboxylic acids is 2. The van der Waals surface area contributed by atoms with Crippen LogP contribution in [0.15, 0.2) is 42.5 Å². The Labute approximate surface area is 145 Å². The zero-order valence-corrected chi connectivity index (χ0v) is 14.0. The van der Waals surface area contributed by atoms with Crippen LogP contribution in [0, 0.1) is 17.0 Å². The number of nitro benzene ring substituents is 1. The quantitative estimate of drug-likeness (QED) is 0.622. The zero-order valence-electron chi connectivity index (χ0n) is 14.0. The van der Waals surface area contributed by atoms with E-state index in [-0.39, 0.29) is 17.2 Å². The first-order valence-corrected chi connectivity index (χ1v) is 7.87. The van der Waals surface area contributed by atoms with Gasteiger partial charge in [-0.25, -0.2) is 0 Å². The van der Waals surface area contributed by atoms with Crippen molar-refractivity contribution in [3.8, 4) is 0 Å². The number of hydrogen-bond acceptors (Lipinski definition) is 4. The molecular weight excluding hydrogens is 322 g/mol. The summed E-state index contributed by atoms with van der Waals surface area (Å²) in [6, 6.07) is 10.8. The Bertz CT molecular complexity index is 800. The zero-order chi connectivity index (χ0) is 18.4. The van der Waals surface area contributed by atoms with E-state index in [1.54, 1.807) is 24.3 Å². The van der Waals surface area contributed by atoms with Crippen LogP contribution in [0.5, 0.6) is 0 Å². The van der Waals surface area contributed by atoms with Crippen LogP contribution in [-0.2, 0) is 0 Å². The number of nitrogens with one attached hydrogen (secondary N) is 2. The molecule has 130 valence electrons. The van der Waals surface area contributed by atoms with Crippen molar-refractivity contribution in [3.05, 3.63) is 69.3 Å². The Morgan fingerprint density at radius 1 is 1.08 bits per heavy atom. The third kappa shape index (κ3) is 4.41. The maximum atomic E-state index is 12.4. The number of amides is 2. The summed E-state index contributed by atoms with van der Waals surface area (Å²) in [7, 11) is 0. The number of nitro groups is 1. The summed E-state index contributed by atoms with van der Waals surface area (Å²) in [5, 5.41) is 16.4. The van der Waals surface area contributed by atoms with E-state index in [1.165, 1.54) is 25.1 Å². The number of nitrogens with zero attached hydrogens (tertiary/aromatic N) is 1. The third-order valence-corrected chi connectivity index (χ3v) is 3.69. The lowest BCUT2D eigenvalue weighted by Gasteiger charge is -2.09. The molecule has 2 amide bonds. The summed E-state index contributed by atoms with van der Waals surface area (Å²) in [6.07, 6.45) is 0.850. The van der Waals surface area contributed by atoms with Crippen molar-refractivity contribution in [2.75, 3.05) is 11.9 Å². The Kier molecular flexibility index (Phi) is 5.84. The highest BCUT2D eigenvalue weighted by atomic mass is 16.6. The normalized spacial score (nSPS) is 10.2. The summed E-state index contributed by atoms with van der Waals surface area (Å²) in [6.45, 7) is 4.10. The smallest absolute Gasteiger partial charge is 0.273 e. The maximum Gasteiger partial charge on any atom is 0.273 e. The topological polar surface area (TPSA) is 101 Å². The summed E-state index contributed by atoms with van der Waals surface area (Å²) in [5.74, 6) is -0.612. The van der Waals surface area contributed by atoms with Gasteiger partial charge in [-0.05, 0) is 43.7 Å². The Balaban J connectivity index is 2.12. The predicted molar refractivity (Wildman–Crippen MR) is 94.9 cm³/mol. The van der Waals surface area contributed by atoms with Crippen LogP contribution < -0.4 is 10.6 Å². The van der Waals surface area contributed by atoms with Crippen molar-refractivity contribution in [1.82, 2.24) is 5.32 Å². The van der Waals surface area contributed by atoms with Crippen LogP contribution >= 0.6 is 0 Å². The van der Waals surface area contributed by atoms with Gasteiger partial charge in [0.1, 0.15) is 0 Å². The second-order valence-electron chi connectivity index (χ2n) is 5.49. The lowest BCUT2D eigenvalue weighted by Crippen LogP contribution is -2.23. The molecule has 2 N–H and O–H groups in total. The van der Waals surface area contributed by atoms with Crippen LogP contribution in [0.4, 0.5) is 11.4 Å². The number of hydrogen-bond donors (Lipinski definition) is 2. The fourth-order valence-electron chi connectivity index (χ4n) is 2.31. The van der Waals surface area contributed by atoms with Crippen LogP contribution in [0.25, 0.3) is 0 Å². The number of carbonyl (C=O) groups is 2. The molecule has 0 heterocycles. The molecule has 7 heteroatoms. The number of anilines is 1. The lowest BCUT2D eigenvalue weighted by molar-refractivity contribution is -0.385. The van der Waals surface area contributed by atoms with Gasteiger partial charge >= 0.3 is 0 Å². The minimum absolute atomic E-state index is 0.101. The Morgan fingerprint density at radius 2 is 1.76 bits per heavy atom. The maximum absolute atomic E-state index is 12.4. The molecule has 2 rings (SSSR count). The molecule has 0 atom stereocenters. The highest BCUT2D eigenvalue weighted by Crippen LogP contribution is 2.22. The van der Waals surface area contributed by atoms with Gasteiger partial charge in [-0.15, -0.1) is 0 Å². The number of benzene rings is 2.